The standard InChI is InChI=1S/C15H11N3.2ClH.Ru/c1-3-9-16-13(7-1)12-6-5-11-18-15(12)14-8-2-4-10-17-14;;;/h1-11H;2*1H;/q;;;+2/p-2. The molecule has 3 nitrogen and oxygen atoms in total. The molecule has 21 heavy (non-hydrogen) atoms. The molecular weight excluding hydrogens is 394 g/mol. The predicted octanol–water partition coefficient (Wildman–Crippen LogP) is 4.58. The molecule has 3 heterocycles. The van der Waals surface area contributed by atoms with Gasteiger partial charge in [0, 0.05) is 24.2 Å². The third kappa shape index (κ3) is 4.57. The first-order valence-corrected chi connectivity index (χ1v) is 10.5. The fourth-order valence-corrected chi connectivity index (χ4v) is 1.84. The first-order valence-electron chi connectivity index (χ1n) is 6.00. The summed E-state index contributed by atoms with van der Waals surface area (Å²) in [5, 5.41) is 0. The summed E-state index contributed by atoms with van der Waals surface area (Å²) in [6, 6.07) is 15.6. The molecule has 0 saturated heterocycles. The van der Waals surface area contributed by atoms with Gasteiger partial charge in [0.1, 0.15) is 0 Å². The summed E-state index contributed by atoms with van der Waals surface area (Å²) in [5.41, 5.74) is 3.62. The van der Waals surface area contributed by atoms with E-state index in [0.717, 1.165) is 22.6 Å². The predicted molar refractivity (Wildman–Crippen MR) is 82.4 cm³/mol. The van der Waals surface area contributed by atoms with Gasteiger partial charge in [0.25, 0.3) is 0 Å². The summed E-state index contributed by atoms with van der Waals surface area (Å²) < 4.78 is 0. The molecule has 0 aliphatic carbocycles. The van der Waals surface area contributed by atoms with Gasteiger partial charge in [0.2, 0.25) is 0 Å². The van der Waals surface area contributed by atoms with Gasteiger partial charge < -0.3 is 0 Å². The van der Waals surface area contributed by atoms with Crippen LogP contribution in [-0.4, -0.2) is 15.0 Å². The fourth-order valence-electron chi connectivity index (χ4n) is 1.84. The molecule has 3 aromatic rings. The van der Waals surface area contributed by atoms with Gasteiger partial charge in [0.15, 0.2) is 0 Å². The molecule has 0 saturated carbocycles. The third-order valence-corrected chi connectivity index (χ3v) is 2.66. The molecule has 0 radical (unpaired) electrons. The molecule has 0 aliphatic heterocycles. The zero-order valence-electron chi connectivity index (χ0n) is 10.8. The normalized spacial score (nSPS) is 9.81. The van der Waals surface area contributed by atoms with Crippen LogP contribution in [0.15, 0.2) is 67.1 Å². The van der Waals surface area contributed by atoms with Crippen molar-refractivity contribution >= 4 is 19.4 Å². The second-order valence-electron chi connectivity index (χ2n) is 3.88. The van der Waals surface area contributed by atoms with Gasteiger partial charge in [-0.15, -0.1) is 0 Å². The minimum Gasteiger partial charge on any atom is -0.256 e. The van der Waals surface area contributed by atoms with E-state index in [1.807, 2.05) is 48.5 Å². The Balaban J connectivity index is 0.000000497. The molecule has 0 fully saturated rings. The number of rotatable bonds is 2. The van der Waals surface area contributed by atoms with E-state index in [1.165, 1.54) is 0 Å². The summed E-state index contributed by atoms with van der Waals surface area (Å²) in [6.45, 7) is 0. The smallest absolute Gasteiger partial charge is 0.0980 e. The largest absolute Gasteiger partial charge is 0.256 e. The van der Waals surface area contributed by atoms with Gasteiger partial charge in [-0.2, -0.15) is 0 Å². The van der Waals surface area contributed by atoms with E-state index in [9.17, 15) is 0 Å². The Bertz CT molecular complexity index is 608. The fraction of sp³-hybridized carbons (Fsp3) is 0. The summed E-state index contributed by atoms with van der Waals surface area (Å²) in [4.78, 5) is 13.1. The molecular formula is C15H11Cl2N3Ru. The Labute approximate surface area is 139 Å². The third-order valence-electron chi connectivity index (χ3n) is 2.66. The van der Waals surface area contributed by atoms with Gasteiger partial charge in [-0.3, -0.25) is 15.0 Å². The van der Waals surface area contributed by atoms with E-state index in [0.29, 0.717) is 0 Å². The van der Waals surface area contributed by atoms with Crippen LogP contribution in [0.1, 0.15) is 0 Å². The van der Waals surface area contributed by atoms with Crippen molar-refractivity contribution in [3.63, 3.8) is 0 Å². The topological polar surface area (TPSA) is 38.7 Å². The molecule has 0 atom stereocenters. The molecule has 0 spiro atoms. The van der Waals surface area contributed by atoms with Crippen molar-refractivity contribution in [3.8, 4) is 22.6 Å². The van der Waals surface area contributed by atoms with Crippen LogP contribution < -0.4 is 0 Å². The Morgan fingerprint density at radius 2 is 1.24 bits per heavy atom. The van der Waals surface area contributed by atoms with Gasteiger partial charge in [-0.25, -0.2) is 0 Å². The van der Waals surface area contributed by atoms with Crippen LogP contribution in [0.25, 0.3) is 22.6 Å². The van der Waals surface area contributed by atoms with Gasteiger partial charge in [-0.1, -0.05) is 12.1 Å². The molecule has 0 aromatic carbocycles. The van der Waals surface area contributed by atoms with Crippen molar-refractivity contribution < 1.29 is 15.1 Å². The number of halogens is 2. The Kier molecular flexibility index (Phi) is 6.74. The summed E-state index contributed by atoms with van der Waals surface area (Å²) in [7, 11) is 9.71. The summed E-state index contributed by atoms with van der Waals surface area (Å²) in [5.74, 6) is 0. The number of nitrogens with zero attached hydrogens (tertiary/aromatic N) is 3. The minimum atomic E-state index is -0.346. The maximum Gasteiger partial charge on any atom is 0.0980 e. The average molecular weight is 405 g/mol. The first-order chi connectivity index (χ1) is 10.4. The zero-order chi connectivity index (χ0) is 14.9. The molecule has 0 aliphatic rings. The quantitative estimate of drug-likeness (QED) is 0.586. The first kappa shape index (κ1) is 16.0. The van der Waals surface area contributed by atoms with Crippen molar-refractivity contribution in [1.29, 1.82) is 0 Å². The van der Waals surface area contributed by atoms with Crippen LogP contribution in [-0.2, 0) is 15.1 Å². The molecule has 3 aromatic heterocycles. The van der Waals surface area contributed by atoms with E-state index >= 15 is 0 Å². The molecule has 108 valence electrons. The van der Waals surface area contributed by atoms with Crippen LogP contribution in [0.2, 0.25) is 0 Å². The monoisotopic (exact) mass is 405 g/mol. The number of pyridine rings is 3. The van der Waals surface area contributed by atoms with E-state index in [-0.39, 0.29) is 15.1 Å². The van der Waals surface area contributed by atoms with Gasteiger partial charge >= 0.3 is 34.5 Å². The number of aromatic nitrogens is 3. The van der Waals surface area contributed by atoms with Crippen LogP contribution in [0.3, 0.4) is 0 Å². The van der Waals surface area contributed by atoms with Gasteiger partial charge in [-0.05, 0) is 36.4 Å². The molecule has 0 amide bonds. The van der Waals surface area contributed by atoms with Crippen molar-refractivity contribution in [2.75, 3.05) is 0 Å². The minimum absolute atomic E-state index is 0.346. The van der Waals surface area contributed by atoms with Crippen LogP contribution in [0.4, 0.5) is 0 Å². The average Bonchev–Trinajstić information content (AvgIpc) is 2.57. The maximum atomic E-state index is 4.85. The molecule has 0 unspecified atom stereocenters. The SMILES string of the molecule is [Cl][Ru][Cl].c1ccc(-c2cccnc2-c2ccccn2)nc1. The van der Waals surface area contributed by atoms with E-state index in [4.69, 9.17) is 19.4 Å². The summed E-state index contributed by atoms with van der Waals surface area (Å²) in [6.07, 6.45) is 5.33. The van der Waals surface area contributed by atoms with Crippen molar-refractivity contribution in [1.82, 2.24) is 15.0 Å². The van der Waals surface area contributed by atoms with E-state index in [1.54, 1.807) is 18.6 Å². The van der Waals surface area contributed by atoms with Crippen molar-refractivity contribution in [3.05, 3.63) is 67.1 Å². The van der Waals surface area contributed by atoms with Crippen molar-refractivity contribution in [2.24, 2.45) is 0 Å². The summed E-state index contributed by atoms with van der Waals surface area (Å²) >= 11 is -0.346. The Morgan fingerprint density at radius 3 is 1.81 bits per heavy atom. The molecule has 0 bridgehead atoms. The van der Waals surface area contributed by atoms with Crippen LogP contribution in [0, 0.1) is 0 Å². The van der Waals surface area contributed by atoms with E-state index < -0.39 is 0 Å². The molecule has 3 rings (SSSR count). The molecule has 6 heteroatoms. The number of hydrogen-bond donors (Lipinski definition) is 0. The van der Waals surface area contributed by atoms with Crippen LogP contribution in [0.5, 0.6) is 0 Å². The Hall–Kier alpha value is -1.35. The van der Waals surface area contributed by atoms with Crippen molar-refractivity contribution in [2.45, 2.75) is 0 Å². The maximum absolute atomic E-state index is 4.85. The van der Waals surface area contributed by atoms with Crippen LogP contribution >= 0.6 is 19.4 Å². The number of hydrogen-bond acceptors (Lipinski definition) is 3. The zero-order valence-corrected chi connectivity index (χ0v) is 14.1. The van der Waals surface area contributed by atoms with Gasteiger partial charge in [0.05, 0.1) is 17.1 Å². The second kappa shape index (κ2) is 8.83. The molecule has 0 N–H and O–H groups in total. The van der Waals surface area contributed by atoms with E-state index in [2.05, 4.69) is 15.0 Å². The second-order valence-corrected chi connectivity index (χ2v) is 6.52. The Morgan fingerprint density at radius 1 is 0.667 bits per heavy atom.